The Labute approximate surface area is 88.3 Å². The zero-order valence-corrected chi connectivity index (χ0v) is 9.23. The standard InChI is InChI=1S/C11H14O2S/c1-3-14-10-6-9(7-11(12)13)5-4-8(10)2/h4-6H,3,7H2,1-2H3,(H,12,13). The van der Waals surface area contributed by atoms with Crippen LogP contribution in [0.2, 0.25) is 0 Å². The lowest BCUT2D eigenvalue weighted by Gasteiger charge is -2.05. The molecule has 0 radical (unpaired) electrons. The summed E-state index contributed by atoms with van der Waals surface area (Å²) in [4.78, 5) is 11.7. The van der Waals surface area contributed by atoms with E-state index >= 15 is 0 Å². The molecule has 1 aromatic carbocycles. The highest BCUT2D eigenvalue weighted by atomic mass is 32.2. The van der Waals surface area contributed by atoms with Gasteiger partial charge < -0.3 is 5.11 Å². The van der Waals surface area contributed by atoms with Crippen LogP contribution in [-0.2, 0) is 11.2 Å². The van der Waals surface area contributed by atoms with Crippen molar-refractivity contribution in [3.8, 4) is 0 Å². The average molecular weight is 210 g/mol. The van der Waals surface area contributed by atoms with Crippen LogP contribution in [0.25, 0.3) is 0 Å². The van der Waals surface area contributed by atoms with Gasteiger partial charge in [-0.25, -0.2) is 0 Å². The first-order valence-corrected chi connectivity index (χ1v) is 5.56. The lowest BCUT2D eigenvalue weighted by atomic mass is 10.1. The third-order valence-corrected chi connectivity index (χ3v) is 2.95. The summed E-state index contributed by atoms with van der Waals surface area (Å²) in [5.74, 6) is 0.235. The van der Waals surface area contributed by atoms with E-state index < -0.39 is 5.97 Å². The maximum atomic E-state index is 10.5. The molecule has 0 fully saturated rings. The van der Waals surface area contributed by atoms with E-state index in [9.17, 15) is 4.79 Å². The Morgan fingerprint density at radius 3 is 2.79 bits per heavy atom. The van der Waals surface area contributed by atoms with E-state index in [-0.39, 0.29) is 6.42 Å². The summed E-state index contributed by atoms with van der Waals surface area (Å²) >= 11 is 1.75. The monoisotopic (exact) mass is 210 g/mol. The van der Waals surface area contributed by atoms with Gasteiger partial charge >= 0.3 is 5.97 Å². The van der Waals surface area contributed by atoms with Crippen molar-refractivity contribution in [2.24, 2.45) is 0 Å². The quantitative estimate of drug-likeness (QED) is 0.776. The van der Waals surface area contributed by atoms with Crippen LogP contribution in [0, 0.1) is 6.92 Å². The van der Waals surface area contributed by atoms with Crippen molar-refractivity contribution < 1.29 is 9.90 Å². The molecule has 1 aromatic rings. The third kappa shape index (κ3) is 3.07. The van der Waals surface area contributed by atoms with Crippen LogP contribution in [0.3, 0.4) is 0 Å². The number of aryl methyl sites for hydroxylation is 1. The Hall–Kier alpha value is -0.960. The Bertz CT molecular complexity index is 334. The number of hydrogen-bond acceptors (Lipinski definition) is 2. The van der Waals surface area contributed by atoms with E-state index in [1.54, 1.807) is 11.8 Å². The van der Waals surface area contributed by atoms with E-state index in [1.165, 1.54) is 10.5 Å². The van der Waals surface area contributed by atoms with Gasteiger partial charge in [0.25, 0.3) is 0 Å². The van der Waals surface area contributed by atoms with Gasteiger partial charge in [-0.05, 0) is 29.9 Å². The molecule has 0 saturated carbocycles. The number of rotatable bonds is 4. The van der Waals surface area contributed by atoms with Crippen LogP contribution in [-0.4, -0.2) is 16.8 Å². The second kappa shape index (κ2) is 5.05. The summed E-state index contributed by atoms with van der Waals surface area (Å²) in [7, 11) is 0. The SMILES string of the molecule is CCSc1cc(CC(=O)O)ccc1C. The largest absolute Gasteiger partial charge is 0.481 e. The van der Waals surface area contributed by atoms with Crippen molar-refractivity contribution in [3.05, 3.63) is 29.3 Å². The second-order valence-corrected chi connectivity index (χ2v) is 4.41. The highest BCUT2D eigenvalue weighted by Gasteiger charge is 2.03. The third-order valence-electron chi connectivity index (χ3n) is 1.91. The van der Waals surface area contributed by atoms with Crippen LogP contribution >= 0.6 is 11.8 Å². The molecule has 0 aliphatic carbocycles. The van der Waals surface area contributed by atoms with Gasteiger partial charge in [0, 0.05) is 4.90 Å². The molecule has 0 aliphatic rings. The molecule has 0 atom stereocenters. The summed E-state index contributed by atoms with van der Waals surface area (Å²) in [5, 5.41) is 8.65. The van der Waals surface area contributed by atoms with Crippen molar-refractivity contribution in [2.75, 3.05) is 5.75 Å². The Kier molecular flexibility index (Phi) is 4.01. The van der Waals surface area contributed by atoms with Gasteiger partial charge in [0.1, 0.15) is 0 Å². The zero-order valence-electron chi connectivity index (χ0n) is 8.41. The Morgan fingerprint density at radius 1 is 1.50 bits per heavy atom. The van der Waals surface area contributed by atoms with Crippen molar-refractivity contribution in [1.29, 1.82) is 0 Å². The first-order chi connectivity index (χ1) is 6.63. The summed E-state index contributed by atoms with van der Waals surface area (Å²) in [5.41, 5.74) is 2.09. The average Bonchev–Trinajstić information content (AvgIpc) is 2.10. The van der Waals surface area contributed by atoms with Gasteiger partial charge in [-0.1, -0.05) is 19.1 Å². The maximum absolute atomic E-state index is 10.5. The number of hydrogen-bond donors (Lipinski definition) is 1. The molecule has 0 aliphatic heterocycles. The molecule has 76 valence electrons. The minimum Gasteiger partial charge on any atom is -0.481 e. The van der Waals surface area contributed by atoms with Crippen molar-refractivity contribution in [3.63, 3.8) is 0 Å². The molecule has 0 spiro atoms. The normalized spacial score (nSPS) is 10.1. The first kappa shape index (κ1) is 11.1. The zero-order chi connectivity index (χ0) is 10.6. The van der Waals surface area contributed by atoms with Gasteiger partial charge in [0.05, 0.1) is 6.42 Å². The molecule has 3 heteroatoms. The fraction of sp³-hybridized carbons (Fsp3) is 0.364. The van der Waals surface area contributed by atoms with E-state index in [1.807, 2.05) is 25.1 Å². The highest BCUT2D eigenvalue weighted by molar-refractivity contribution is 7.99. The van der Waals surface area contributed by atoms with Crippen LogP contribution in [0.5, 0.6) is 0 Å². The van der Waals surface area contributed by atoms with Gasteiger partial charge in [0.15, 0.2) is 0 Å². The van der Waals surface area contributed by atoms with Crippen LogP contribution in [0.1, 0.15) is 18.1 Å². The molecule has 14 heavy (non-hydrogen) atoms. The lowest BCUT2D eigenvalue weighted by molar-refractivity contribution is -0.136. The number of thioether (sulfide) groups is 1. The van der Waals surface area contributed by atoms with Gasteiger partial charge in [-0.3, -0.25) is 4.79 Å². The van der Waals surface area contributed by atoms with Crippen molar-refractivity contribution in [2.45, 2.75) is 25.2 Å². The number of carbonyl (C=O) groups is 1. The number of carboxylic acid groups (broad SMARTS) is 1. The van der Waals surface area contributed by atoms with E-state index in [4.69, 9.17) is 5.11 Å². The number of carboxylic acids is 1. The number of benzene rings is 1. The molecule has 1 N–H and O–H groups in total. The van der Waals surface area contributed by atoms with E-state index in [0.29, 0.717) is 0 Å². The first-order valence-electron chi connectivity index (χ1n) is 4.57. The molecule has 0 heterocycles. The molecule has 0 saturated heterocycles. The smallest absolute Gasteiger partial charge is 0.307 e. The van der Waals surface area contributed by atoms with Gasteiger partial charge in [0.2, 0.25) is 0 Å². The number of aliphatic carboxylic acids is 1. The fourth-order valence-corrected chi connectivity index (χ4v) is 2.08. The lowest BCUT2D eigenvalue weighted by Crippen LogP contribution is -2.00. The maximum Gasteiger partial charge on any atom is 0.307 e. The molecular formula is C11H14O2S. The molecule has 0 unspecified atom stereocenters. The van der Waals surface area contributed by atoms with Crippen LogP contribution in [0.4, 0.5) is 0 Å². The highest BCUT2D eigenvalue weighted by Crippen LogP contribution is 2.23. The molecule has 1 rings (SSSR count). The summed E-state index contributed by atoms with van der Waals surface area (Å²) in [6.45, 7) is 4.14. The topological polar surface area (TPSA) is 37.3 Å². The van der Waals surface area contributed by atoms with E-state index in [0.717, 1.165) is 11.3 Å². The molecular weight excluding hydrogens is 196 g/mol. The Morgan fingerprint density at radius 2 is 2.21 bits per heavy atom. The van der Waals surface area contributed by atoms with Gasteiger partial charge in [-0.2, -0.15) is 0 Å². The molecule has 0 bridgehead atoms. The van der Waals surface area contributed by atoms with Crippen LogP contribution in [0.15, 0.2) is 23.1 Å². The predicted molar refractivity (Wildman–Crippen MR) is 58.9 cm³/mol. The van der Waals surface area contributed by atoms with Gasteiger partial charge in [-0.15, -0.1) is 11.8 Å². The van der Waals surface area contributed by atoms with Crippen molar-refractivity contribution in [1.82, 2.24) is 0 Å². The van der Waals surface area contributed by atoms with Crippen molar-refractivity contribution >= 4 is 17.7 Å². The molecule has 0 amide bonds. The predicted octanol–water partition coefficient (Wildman–Crippen LogP) is 2.73. The second-order valence-electron chi connectivity index (χ2n) is 3.10. The van der Waals surface area contributed by atoms with Crippen LogP contribution < -0.4 is 0 Å². The fourth-order valence-electron chi connectivity index (χ4n) is 1.24. The summed E-state index contributed by atoms with van der Waals surface area (Å²) < 4.78 is 0. The summed E-state index contributed by atoms with van der Waals surface area (Å²) in [6.07, 6.45) is 0.109. The van der Waals surface area contributed by atoms with E-state index in [2.05, 4.69) is 6.92 Å². The molecule has 0 aromatic heterocycles. The minimum absolute atomic E-state index is 0.109. The molecule has 2 nitrogen and oxygen atoms in total. The Balaban J connectivity index is 2.88. The minimum atomic E-state index is -0.777. The summed E-state index contributed by atoms with van der Waals surface area (Å²) in [6, 6.07) is 5.83.